The molecule has 0 bridgehead atoms. The predicted molar refractivity (Wildman–Crippen MR) is 85.7 cm³/mol. The van der Waals surface area contributed by atoms with E-state index in [0.717, 1.165) is 13.0 Å². The zero-order valence-corrected chi connectivity index (χ0v) is 13.2. The van der Waals surface area contributed by atoms with Crippen LogP contribution in [0.25, 0.3) is 0 Å². The quantitative estimate of drug-likeness (QED) is 0.933. The Bertz CT molecular complexity index is 640. The number of nitrogens with zero attached hydrogens (tertiary/aromatic N) is 1. The number of carbonyl (C=O) groups excluding carboxylic acids is 1. The number of hydrogen-bond donors (Lipinski definition) is 1. The molecule has 4 heteroatoms. The number of fused-ring (bicyclic) bond motifs is 1. The summed E-state index contributed by atoms with van der Waals surface area (Å²) in [4.78, 5) is 12.7. The zero-order valence-electron chi connectivity index (χ0n) is 13.2. The van der Waals surface area contributed by atoms with Crippen LogP contribution in [0.2, 0.25) is 0 Å². The summed E-state index contributed by atoms with van der Waals surface area (Å²) in [5.74, 6) is 1.49. The number of carbonyl (C=O) groups is 1. The zero-order chi connectivity index (χ0) is 15.8. The number of benzene rings is 1. The lowest BCUT2D eigenvalue weighted by Gasteiger charge is -2.50. The topological polar surface area (TPSA) is 62.1 Å². The molecule has 1 saturated heterocycles. The molecule has 120 valence electrons. The molecule has 1 aromatic carbocycles. The number of hydrogen-bond acceptors (Lipinski definition) is 3. The maximum Gasteiger partial charge on any atom is 0.252 e. The van der Waals surface area contributed by atoms with E-state index in [1.807, 2.05) is 6.07 Å². The standard InChI is InChI=1S/C19H22N2O2/c20-11-13-7-3-4-8-14(13)19(22)21-17-15-9-10-23-18(15)16(17)12-5-1-2-6-12/h3-4,7-8,12,15-18H,1-2,5-6,9-10H2,(H,21,22)/t15-,16+,17+,18-/m0/s1. The van der Waals surface area contributed by atoms with Gasteiger partial charge < -0.3 is 10.1 Å². The van der Waals surface area contributed by atoms with Crippen LogP contribution in [0.3, 0.4) is 0 Å². The van der Waals surface area contributed by atoms with Gasteiger partial charge in [-0.1, -0.05) is 37.8 Å². The molecule has 4 rings (SSSR count). The van der Waals surface area contributed by atoms with Crippen LogP contribution >= 0.6 is 0 Å². The molecular weight excluding hydrogens is 288 g/mol. The second kappa shape index (κ2) is 5.98. The molecule has 3 aliphatic rings. The lowest BCUT2D eigenvalue weighted by Crippen LogP contribution is -2.63. The Morgan fingerprint density at radius 2 is 2.00 bits per heavy atom. The molecule has 0 aromatic heterocycles. The van der Waals surface area contributed by atoms with Crippen molar-refractivity contribution in [3.05, 3.63) is 35.4 Å². The summed E-state index contributed by atoms with van der Waals surface area (Å²) in [6.07, 6.45) is 6.51. The molecule has 2 aliphatic carbocycles. The van der Waals surface area contributed by atoms with E-state index in [1.165, 1.54) is 25.7 Å². The fourth-order valence-electron chi connectivity index (χ4n) is 4.87. The van der Waals surface area contributed by atoms with E-state index in [-0.39, 0.29) is 11.9 Å². The normalized spacial score (nSPS) is 32.8. The van der Waals surface area contributed by atoms with Crippen LogP contribution in [0.4, 0.5) is 0 Å². The van der Waals surface area contributed by atoms with Gasteiger partial charge in [0.2, 0.25) is 0 Å². The van der Waals surface area contributed by atoms with Crippen LogP contribution in [0, 0.1) is 29.1 Å². The van der Waals surface area contributed by atoms with Crippen molar-refractivity contribution in [1.82, 2.24) is 5.32 Å². The average Bonchev–Trinajstić information content (AvgIpc) is 3.23. The summed E-state index contributed by atoms with van der Waals surface area (Å²) in [6, 6.07) is 9.37. The second-order valence-electron chi connectivity index (χ2n) is 7.07. The Morgan fingerprint density at radius 3 is 2.78 bits per heavy atom. The molecule has 2 saturated carbocycles. The molecule has 0 unspecified atom stereocenters. The van der Waals surface area contributed by atoms with Gasteiger partial charge in [0, 0.05) is 24.5 Å². The van der Waals surface area contributed by atoms with E-state index < -0.39 is 0 Å². The minimum absolute atomic E-state index is 0.111. The van der Waals surface area contributed by atoms with E-state index in [4.69, 9.17) is 4.74 Å². The van der Waals surface area contributed by atoms with Crippen molar-refractivity contribution in [2.24, 2.45) is 17.8 Å². The van der Waals surface area contributed by atoms with Crippen molar-refractivity contribution >= 4 is 5.91 Å². The highest BCUT2D eigenvalue weighted by molar-refractivity contribution is 5.96. The first kappa shape index (κ1) is 14.7. The predicted octanol–water partition coefficient (Wildman–Crippen LogP) is 2.88. The van der Waals surface area contributed by atoms with Crippen LogP contribution in [0.15, 0.2) is 24.3 Å². The first-order valence-electron chi connectivity index (χ1n) is 8.71. The van der Waals surface area contributed by atoms with Gasteiger partial charge in [-0.25, -0.2) is 0 Å². The Hall–Kier alpha value is -1.86. The summed E-state index contributed by atoms with van der Waals surface area (Å²) < 4.78 is 5.94. The molecule has 4 nitrogen and oxygen atoms in total. The summed E-state index contributed by atoms with van der Waals surface area (Å²) in [5.41, 5.74) is 0.934. The molecule has 0 spiro atoms. The fourth-order valence-corrected chi connectivity index (χ4v) is 4.87. The van der Waals surface area contributed by atoms with Crippen molar-refractivity contribution in [2.75, 3.05) is 6.61 Å². The highest BCUT2D eigenvalue weighted by Crippen LogP contribution is 2.51. The van der Waals surface area contributed by atoms with Gasteiger partial charge in [-0.15, -0.1) is 0 Å². The molecule has 23 heavy (non-hydrogen) atoms. The van der Waals surface area contributed by atoms with Crippen molar-refractivity contribution < 1.29 is 9.53 Å². The smallest absolute Gasteiger partial charge is 0.252 e. The summed E-state index contributed by atoms with van der Waals surface area (Å²) in [5, 5.41) is 12.4. The van der Waals surface area contributed by atoms with Crippen LogP contribution in [0.1, 0.15) is 48.0 Å². The SMILES string of the molecule is N#Cc1ccccc1C(=O)N[C@@H]1[C@@H]2CCO[C@@H]2[C@@H]1C1CCCC1. The second-order valence-corrected chi connectivity index (χ2v) is 7.07. The largest absolute Gasteiger partial charge is 0.377 e. The van der Waals surface area contributed by atoms with Crippen LogP contribution in [0.5, 0.6) is 0 Å². The van der Waals surface area contributed by atoms with Gasteiger partial charge in [0.05, 0.1) is 23.3 Å². The Labute approximate surface area is 136 Å². The van der Waals surface area contributed by atoms with Crippen molar-refractivity contribution in [1.29, 1.82) is 5.26 Å². The van der Waals surface area contributed by atoms with Crippen molar-refractivity contribution in [3.63, 3.8) is 0 Å². The minimum atomic E-state index is -0.111. The summed E-state index contributed by atoms with van der Waals surface area (Å²) in [7, 11) is 0. The fraction of sp³-hybridized carbons (Fsp3) is 0.579. The summed E-state index contributed by atoms with van der Waals surface area (Å²) in [6.45, 7) is 0.819. The van der Waals surface area contributed by atoms with Gasteiger partial charge in [0.15, 0.2) is 0 Å². The molecule has 4 atom stereocenters. The third-order valence-electron chi connectivity index (χ3n) is 5.97. The Balaban J connectivity index is 1.52. The average molecular weight is 310 g/mol. The maximum absolute atomic E-state index is 12.7. The van der Waals surface area contributed by atoms with Gasteiger partial charge in [-0.3, -0.25) is 4.79 Å². The Kier molecular flexibility index (Phi) is 3.82. The molecule has 1 amide bonds. The lowest BCUT2D eigenvalue weighted by atomic mass is 9.61. The first-order chi connectivity index (χ1) is 11.3. The minimum Gasteiger partial charge on any atom is -0.377 e. The van der Waals surface area contributed by atoms with Crippen molar-refractivity contribution in [3.8, 4) is 6.07 Å². The molecule has 1 N–H and O–H groups in total. The van der Waals surface area contributed by atoms with E-state index in [2.05, 4.69) is 11.4 Å². The molecule has 1 heterocycles. The molecule has 0 radical (unpaired) electrons. The van der Waals surface area contributed by atoms with E-state index in [0.29, 0.717) is 35.0 Å². The molecule has 1 aromatic rings. The summed E-state index contributed by atoms with van der Waals surface area (Å²) >= 11 is 0. The molecule has 1 aliphatic heterocycles. The number of nitriles is 1. The lowest BCUT2D eigenvalue weighted by molar-refractivity contribution is -0.0784. The number of nitrogens with one attached hydrogen (secondary N) is 1. The molecule has 3 fully saturated rings. The number of ether oxygens (including phenoxy) is 1. The van der Waals surface area contributed by atoms with Gasteiger partial charge >= 0.3 is 0 Å². The highest BCUT2D eigenvalue weighted by Gasteiger charge is 2.57. The van der Waals surface area contributed by atoms with E-state index >= 15 is 0 Å². The van der Waals surface area contributed by atoms with Gasteiger partial charge in [0.25, 0.3) is 5.91 Å². The third-order valence-corrected chi connectivity index (χ3v) is 5.97. The van der Waals surface area contributed by atoms with Crippen molar-refractivity contribution in [2.45, 2.75) is 44.2 Å². The van der Waals surface area contributed by atoms with Crippen LogP contribution in [-0.2, 0) is 4.74 Å². The number of rotatable bonds is 3. The van der Waals surface area contributed by atoms with Gasteiger partial charge in [-0.2, -0.15) is 5.26 Å². The van der Waals surface area contributed by atoms with E-state index in [9.17, 15) is 10.1 Å². The maximum atomic E-state index is 12.7. The number of amides is 1. The van der Waals surface area contributed by atoms with E-state index in [1.54, 1.807) is 18.2 Å². The first-order valence-corrected chi connectivity index (χ1v) is 8.71. The third kappa shape index (κ3) is 2.44. The van der Waals surface area contributed by atoms with Crippen LogP contribution < -0.4 is 5.32 Å². The Morgan fingerprint density at radius 1 is 1.22 bits per heavy atom. The van der Waals surface area contributed by atoms with Gasteiger partial charge in [-0.05, 0) is 24.5 Å². The monoisotopic (exact) mass is 310 g/mol. The van der Waals surface area contributed by atoms with Crippen LogP contribution in [-0.4, -0.2) is 24.7 Å². The van der Waals surface area contributed by atoms with Gasteiger partial charge in [0.1, 0.15) is 0 Å². The highest BCUT2D eigenvalue weighted by atomic mass is 16.5. The molecular formula is C19H22N2O2.